The van der Waals surface area contributed by atoms with Crippen molar-refractivity contribution in [3.05, 3.63) is 95.6 Å². The van der Waals surface area contributed by atoms with Gasteiger partial charge in [0.1, 0.15) is 24.7 Å². The SMILES string of the molecule is CCOC(=O)N1CCC(c2ccc(OCc3ccccc3)cc2OCc2ccccc2)CC1. The van der Waals surface area contributed by atoms with E-state index in [4.69, 9.17) is 14.2 Å². The smallest absolute Gasteiger partial charge is 0.409 e. The van der Waals surface area contributed by atoms with Gasteiger partial charge < -0.3 is 19.1 Å². The monoisotopic (exact) mass is 445 g/mol. The second-order valence-corrected chi connectivity index (χ2v) is 8.21. The summed E-state index contributed by atoms with van der Waals surface area (Å²) in [6.45, 7) is 4.62. The van der Waals surface area contributed by atoms with Gasteiger partial charge in [-0.15, -0.1) is 0 Å². The lowest BCUT2D eigenvalue weighted by atomic mass is 9.89. The molecule has 172 valence electrons. The second-order valence-electron chi connectivity index (χ2n) is 8.21. The number of hydrogen-bond donors (Lipinski definition) is 0. The summed E-state index contributed by atoms with van der Waals surface area (Å²) in [4.78, 5) is 13.9. The Bertz CT molecular complexity index is 1010. The maximum absolute atomic E-state index is 12.1. The summed E-state index contributed by atoms with van der Waals surface area (Å²) in [7, 11) is 0. The molecule has 1 heterocycles. The average molecular weight is 446 g/mol. The third-order valence-electron chi connectivity index (χ3n) is 5.93. The first-order valence-electron chi connectivity index (χ1n) is 11.6. The highest BCUT2D eigenvalue weighted by Crippen LogP contribution is 2.37. The fourth-order valence-electron chi connectivity index (χ4n) is 4.13. The van der Waals surface area contributed by atoms with Gasteiger partial charge in [0.2, 0.25) is 0 Å². The van der Waals surface area contributed by atoms with Crippen LogP contribution in [0.3, 0.4) is 0 Å². The molecule has 0 unspecified atom stereocenters. The largest absolute Gasteiger partial charge is 0.489 e. The van der Waals surface area contributed by atoms with Gasteiger partial charge in [0, 0.05) is 19.2 Å². The molecule has 3 aromatic carbocycles. The van der Waals surface area contributed by atoms with Crippen LogP contribution in [0.5, 0.6) is 11.5 Å². The summed E-state index contributed by atoms with van der Waals surface area (Å²) in [5, 5.41) is 0. The number of amides is 1. The predicted molar refractivity (Wildman–Crippen MR) is 129 cm³/mol. The number of hydrogen-bond acceptors (Lipinski definition) is 4. The molecular formula is C28H31NO4. The van der Waals surface area contributed by atoms with Crippen LogP contribution in [-0.4, -0.2) is 30.7 Å². The van der Waals surface area contributed by atoms with Crippen molar-refractivity contribution in [1.29, 1.82) is 0 Å². The highest BCUT2D eigenvalue weighted by atomic mass is 16.6. The summed E-state index contributed by atoms with van der Waals surface area (Å²) in [6, 6.07) is 26.4. The van der Waals surface area contributed by atoms with Gasteiger partial charge in [0.25, 0.3) is 0 Å². The van der Waals surface area contributed by atoms with Crippen LogP contribution in [0.1, 0.15) is 42.4 Å². The van der Waals surface area contributed by atoms with Gasteiger partial charge in [-0.3, -0.25) is 0 Å². The average Bonchev–Trinajstić information content (AvgIpc) is 2.88. The summed E-state index contributed by atoms with van der Waals surface area (Å²) in [6.07, 6.45) is 1.54. The van der Waals surface area contributed by atoms with Crippen LogP contribution in [0, 0.1) is 0 Å². The van der Waals surface area contributed by atoms with Crippen molar-refractivity contribution in [1.82, 2.24) is 4.90 Å². The molecular weight excluding hydrogens is 414 g/mol. The van der Waals surface area contributed by atoms with Crippen LogP contribution >= 0.6 is 0 Å². The fraction of sp³-hybridized carbons (Fsp3) is 0.321. The minimum Gasteiger partial charge on any atom is -0.489 e. The molecule has 1 aliphatic rings. The van der Waals surface area contributed by atoms with E-state index in [9.17, 15) is 4.79 Å². The van der Waals surface area contributed by atoms with Gasteiger partial charge in [-0.2, -0.15) is 0 Å². The van der Waals surface area contributed by atoms with Gasteiger partial charge in [-0.1, -0.05) is 66.7 Å². The van der Waals surface area contributed by atoms with Crippen molar-refractivity contribution < 1.29 is 19.0 Å². The molecule has 0 radical (unpaired) electrons. The van der Waals surface area contributed by atoms with E-state index in [0.29, 0.717) is 38.8 Å². The molecule has 1 aliphatic heterocycles. The zero-order chi connectivity index (χ0) is 22.9. The summed E-state index contributed by atoms with van der Waals surface area (Å²) in [5.41, 5.74) is 3.41. The van der Waals surface area contributed by atoms with Crippen LogP contribution in [0.4, 0.5) is 4.79 Å². The third kappa shape index (κ3) is 6.28. The van der Waals surface area contributed by atoms with E-state index in [2.05, 4.69) is 30.3 Å². The highest BCUT2D eigenvalue weighted by Gasteiger charge is 2.26. The fourth-order valence-corrected chi connectivity index (χ4v) is 4.13. The Balaban J connectivity index is 1.48. The van der Waals surface area contributed by atoms with E-state index in [1.54, 1.807) is 4.90 Å². The maximum Gasteiger partial charge on any atom is 0.409 e. The van der Waals surface area contributed by atoms with Crippen molar-refractivity contribution >= 4 is 6.09 Å². The minimum atomic E-state index is -0.221. The molecule has 5 nitrogen and oxygen atoms in total. The number of piperidine rings is 1. The Kier molecular flexibility index (Phi) is 7.85. The first-order chi connectivity index (χ1) is 16.2. The van der Waals surface area contributed by atoms with Crippen LogP contribution < -0.4 is 9.47 Å². The van der Waals surface area contributed by atoms with Gasteiger partial charge in [0.05, 0.1) is 6.61 Å². The maximum atomic E-state index is 12.1. The van der Waals surface area contributed by atoms with Crippen molar-refractivity contribution in [2.75, 3.05) is 19.7 Å². The third-order valence-corrected chi connectivity index (χ3v) is 5.93. The number of likely N-dealkylation sites (tertiary alicyclic amines) is 1. The Labute approximate surface area is 195 Å². The molecule has 0 saturated carbocycles. The van der Waals surface area contributed by atoms with Crippen molar-refractivity contribution in [2.45, 2.75) is 38.9 Å². The molecule has 0 spiro atoms. The first kappa shape index (κ1) is 22.7. The predicted octanol–water partition coefficient (Wildman–Crippen LogP) is 6.18. The van der Waals surface area contributed by atoms with Crippen molar-refractivity contribution in [2.24, 2.45) is 0 Å². The lowest BCUT2D eigenvalue weighted by Crippen LogP contribution is -2.38. The molecule has 1 fully saturated rings. The zero-order valence-corrected chi connectivity index (χ0v) is 19.1. The Morgan fingerprint density at radius 2 is 1.45 bits per heavy atom. The molecule has 1 amide bonds. The minimum absolute atomic E-state index is 0.221. The lowest BCUT2D eigenvalue weighted by Gasteiger charge is -2.32. The van der Waals surface area contributed by atoms with Gasteiger partial charge in [-0.05, 0) is 48.4 Å². The molecule has 0 N–H and O–H groups in total. The number of carbonyl (C=O) groups excluding carboxylic acids is 1. The molecule has 0 bridgehead atoms. The molecule has 33 heavy (non-hydrogen) atoms. The molecule has 3 aromatic rings. The number of rotatable bonds is 8. The second kappa shape index (κ2) is 11.4. The Morgan fingerprint density at radius 1 is 0.848 bits per heavy atom. The number of benzene rings is 3. The first-order valence-corrected chi connectivity index (χ1v) is 11.6. The standard InChI is InChI=1S/C28H31NO4/c1-2-31-28(30)29-17-15-24(16-18-29)26-14-13-25(32-20-22-9-5-3-6-10-22)19-27(26)33-21-23-11-7-4-8-12-23/h3-14,19,24H,2,15-18,20-21H2,1H3. The number of carbonyl (C=O) groups is 1. The number of nitrogens with zero attached hydrogens (tertiary/aromatic N) is 1. The summed E-state index contributed by atoms with van der Waals surface area (Å²) >= 11 is 0. The van der Waals surface area contributed by atoms with E-state index in [-0.39, 0.29) is 6.09 Å². The van der Waals surface area contributed by atoms with Crippen LogP contribution in [0.15, 0.2) is 78.9 Å². The topological polar surface area (TPSA) is 48.0 Å². The van der Waals surface area contributed by atoms with E-state index >= 15 is 0 Å². The molecule has 4 rings (SSSR count). The van der Waals surface area contributed by atoms with Crippen molar-refractivity contribution in [3.63, 3.8) is 0 Å². The quantitative estimate of drug-likeness (QED) is 0.415. The normalized spacial score (nSPS) is 14.0. The van der Waals surface area contributed by atoms with Gasteiger partial charge >= 0.3 is 6.09 Å². The van der Waals surface area contributed by atoms with Crippen molar-refractivity contribution in [3.8, 4) is 11.5 Å². The molecule has 5 heteroatoms. The highest BCUT2D eigenvalue weighted by molar-refractivity contribution is 5.67. The van der Waals surface area contributed by atoms with Gasteiger partial charge in [0.15, 0.2) is 0 Å². The van der Waals surface area contributed by atoms with E-state index in [1.165, 1.54) is 5.56 Å². The molecule has 1 saturated heterocycles. The van der Waals surface area contributed by atoms with Crippen LogP contribution in [0.25, 0.3) is 0 Å². The zero-order valence-electron chi connectivity index (χ0n) is 19.1. The number of ether oxygens (including phenoxy) is 3. The molecule has 0 aliphatic carbocycles. The van der Waals surface area contributed by atoms with Crippen LogP contribution in [0.2, 0.25) is 0 Å². The van der Waals surface area contributed by atoms with E-state index in [0.717, 1.165) is 35.5 Å². The van der Waals surface area contributed by atoms with E-state index in [1.807, 2.05) is 55.5 Å². The van der Waals surface area contributed by atoms with E-state index < -0.39 is 0 Å². The molecule has 0 aromatic heterocycles. The lowest BCUT2D eigenvalue weighted by molar-refractivity contribution is 0.0969. The Hall–Kier alpha value is -3.47. The summed E-state index contributed by atoms with van der Waals surface area (Å²) < 4.78 is 17.5. The Morgan fingerprint density at radius 3 is 2.06 bits per heavy atom. The summed E-state index contributed by atoms with van der Waals surface area (Å²) in [5.74, 6) is 1.96. The molecule has 0 atom stereocenters. The van der Waals surface area contributed by atoms with Crippen LogP contribution in [-0.2, 0) is 18.0 Å². The van der Waals surface area contributed by atoms with Gasteiger partial charge in [-0.25, -0.2) is 4.79 Å².